The minimum atomic E-state index is -0.930. The van der Waals surface area contributed by atoms with Gasteiger partial charge in [-0.2, -0.15) is 19.9 Å². The summed E-state index contributed by atoms with van der Waals surface area (Å²) >= 11 is 0. The molecule has 0 saturated carbocycles. The summed E-state index contributed by atoms with van der Waals surface area (Å²) < 4.78 is 0. The molecular weight excluding hydrogens is 661 g/mol. The van der Waals surface area contributed by atoms with Gasteiger partial charge in [0.1, 0.15) is 23.3 Å². The molecule has 0 saturated heterocycles. The zero-order valence-electron chi connectivity index (χ0n) is 31.9. The number of aryl methyl sites for hydroxylation is 8. The Morgan fingerprint density at radius 2 is 0.943 bits per heavy atom. The third kappa shape index (κ3) is 10.5. The number of anilines is 4. The van der Waals surface area contributed by atoms with Gasteiger partial charge in [0, 0.05) is 24.2 Å². The van der Waals surface area contributed by atoms with Gasteiger partial charge in [0.2, 0.25) is 11.9 Å². The Morgan fingerprint density at radius 1 is 0.528 bits per heavy atom. The van der Waals surface area contributed by atoms with E-state index in [1.807, 2.05) is 58.9 Å². The Kier molecular flexibility index (Phi) is 12.6. The third-order valence-corrected chi connectivity index (χ3v) is 8.85. The molecule has 6 aromatic rings. The number of aromatic carboxylic acids is 1. The van der Waals surface area contributed by atoms with Gasteiger partial charge in [-0.05, 0) is 111 Å². The molecule has 0 unspecified atom stereocenters. The fraction of sp³-hybridized carbons (Fsp3) is 0.279. The Labute approximate surface area is 312 Å². The van der Waals surface area contributed by atoms with Crippen LogP contribution in [-0.4, -0.2) is 41.0 Å². The molecule has 0 spiro atoms. The summed E-state index contributed by atoms with van der Waals surface area (Å²) in [5.41, 5.74) is 11.3. The molecule has 0 radical (unpaired) electrons. The highest BCUT2D eigenvalue weighted by Crippen LogP contribution is 2.24. The van der Waals surface area contributed by atoms with Crippen LogP contribution in [0.1, 0.15) is 92.0 Å². The molecular formula is C43H48N8O2. The quantitative estimate of drug-likeness (QED) is 0.119. The predicted molar refractivity (Wildman–Crippen MR) is 212 cm³/mol. The number of nitrogens with zero attached hydrogens (tertiary/aromatic N) is 6. The maximum Gasteiger partial charge on any atom is 0.335 e. The zero-order chi connectivity index (χ0) is 38.1. The molecule has 6 rings (SSSR count). The molecule has 10 heteroatoms. The van der Waals surface area contributed by atoms with Gasteiger partial charge in [-0.3, -0.25) is 0 Å². The molecule has 272 valence electrons. The van der Waals surface area contributed by atoms with Gasteiger partial charge in [0.25, 0.3) is 0 Å². The molecule has 0 atom stereocenters. The summed E-state index contributed by atoms with van der Waals surface area (Å²) in [6, 6.07) is 26.3. The van der Waals surface area contributed by atoms with Gasteiger partial charge >= 0.3 is 5.97 Å². The van der Waals surface area contributed by atoms with E-state index in [0.717, 1.165) is 58.1 Å². The van der Waals surface area contributed by atoms with Crippen LogP contribution in [0.5, 0.6) is 0 Å². The second-order valence-corrected chi connectivity index (χ2v) is 13.3. The molecule has 0 fully saturated rings. The molecule has 0 aliphatic heterocycles. The smallest absolute Gasteiger partial charge is 0.335 e. The second-order valence-electron chi connectivity index (χ2n) is 13.3. The summed E-state index contributed by atoms with van der Waals surface area (Å²) in [5, 5.41) is 16.0. The highest BCUT2D eigenvalue weighted by atomic mass is 16.4. The van der Waals surface area contributed by atoms with Crippen LogP contribution in [0.15, 0.2) is 78.9 Å². The zero-order valence-corrected chi connectivity index (χ0v) is 31.9. The van der Waals surface area contributed by atoms with E-state index >= 15 is 0 Å². The van der Waals surface area contributed by atoms with E-state index in [4.69, 9.17) is 0 Å². The van der Waals surface area contributed by atoms with Gasteiger partial charge in [0.05, 0.1) is 5.56 Å². The maximum absolute atomic E-state index is 11.4. The molecule has 53 heavy (non-hydrogen) atoms. The molecule has 2 aromatic heterocycles. The molecule has 0 aliphatic carbocycles. The number of nitrogens with one attached hydrogen (secondary N) is 2. The first-order chi connectivity index (χ1) is 25.4. The van der Waals surface area contributed by atoms with Crippen LogP contribution < -0.4 is 10.6 Å². The highest BCUT2D eigenvalue weighted by Gasteiger charge is 2.12. The monoisotopic (exact) mass is 708 g/mol. The van der Waals surface area contributed by atoms with Crippen molar-refractivity contribution in [1.29, 1.82) is 0 Å². The van der Waals surface area contributed by atoms with Crippen molar-refractivity contribution in [1.82, 2.24) is 29.9 Å². The molecule has 10 nitrogen and oxygen atoms in total. The van der Waals surface area contributed by atoms with Crippen molar-refractivity contribution in [2.75, 3.05) is 10.6 Å². The summed E-state index contributed by atoms with van der Waals surface area (Å²) in [4.78, 5) is 38.4. The summed E-state index contributed by atoms with van der Waals surface area (Å²) in [6.07, 6.45) is 2.95. The fourth-order valence-corrected chi connectivity index (χ4v) is 6.11. The van der Waals surface area contributed by atoms with Crippen molar-refractivity contribution in [2.24, 2.45) is 0 Å². The first kappa shape index (κ1) is 38.2. The minimum absolute atomic E-state index is 0.286. The summed E-state index contributed by atoms with van der Waals surface area (Å²) in [5.74, 6) is 2.90. The lowest BCUT2D eigenvalue weighted by molar-refractivity contribution is 0.0696. The molecule has 0 bridgehead atoms. The lowest BCUT2D eigenvalue weighted by Gasteiger charge is -2.12. The van der Waals surface area contributed by atoms with Crippen LogP contribution in [0.3, 0.4) is 0 Å². The van der Waals surface area contributed by atoms with Gasteiger partial charge < -0.3 is 15.7 Å². The predicted octanol–water partition coefficient (Wildman–Crippen LogP) is 9.09. The molecule has 2 heterocycles. The van der Waals surface area contributed by atoms with E-state index in [2.05, 4.69) is 104 Å². The van der Waals surface area contributed by atoms with Crippen molar-refractivity contribution in [3.05, 3.63) is 152 Å². The number of aromatic nitrogens is 6. The standard InChI is InChI=1S/C22H24N4O2.C21H24N4/c1-5-16-9-17(11-18(10-16)21(27)28)12-19-23-15(4)24-22(25-19)26-20-13(2)7-6-8-14(20)3;1-5-17-10-7-11-18(12-17)13-19-22-16(4)23-21(24-19)25-20-14(2)8-6-9-15(20)3/h6-11H,5,12H2,1-4H3,(H,27,28)(H,23,24,25,26);6-12H,5,13H2,1-4H3,(H,22,23,24,25). The first-order valence-corrected chi connectivity index (χ1v) is 17.9. The molecule has 4 aromatic carbocycles. The third-order valence-electron chi connectivity index (χ3n) is 8.85. The lowest BCUT2D eigenvalue weighted by Crippen LogP contribution is -2.08. The average molecular weight is 709 g/mol. The Balaban J connectivity index is 0.000000206. The fourth-order valence-electron chi connectivity index (χ4n) is 6.11. The van der Waals surface area contributed by atoms with Crippen molar-refractivity contribution in [3.63, 3.8) is 0 Å². The van der Waals surface area contributed by atoms with E-state index in [-0.39, 0.29) is 5.56 Å². The van der Waals surface area contributed by atoms with Crippen molar-refractivity contribution in [2.45, 2.75) is 81.1 Å². The van der Waals surface area contributed by atoms with Crippen LogP contribution in [0.25, 0.3) is 0 Å². The van der Waals surface area contributed by atoms with Crippen molar-refractivity contribution < 1.29 is 9.90 Å². The van der Waals surface area contributed by atoms with Crippen LogP contribution in [0.2, 0.25) is 0 Å². The lowest BCUT2D eigenvalue weighted by atomic mass is 10.0. The first-order valence-electron chi connectivity index (χ1n) is 17.9. The van der Waals surface area contributed by atoms with Gasteiger partial charge in [0.15, 0.2) is 0 Å². The Morgan fingerprint density at radius 3 is 1.42 bits per heavy atom. The van der Waals surface area contributed by atoms with Crippen molar-refractivity contribution in [3.8, 4) is 0 Å². The topological polar surface area (TPSA) is 139 Å². The maximum atomic E-state index is 11.4. The number of carbonyl (C=O) groups is 1. The van der Waals surface area contributed by atoms with Crippen LogP contribution in [0, 0.1) is 41.5 Å². The van der Waals surface area contributed by atoms with E-state index in [1.54, 1.807) is 12.1 Å². The van der Waals surface area contributed by atoms with E-state index in [9.17, 15) is 9.90 Å². The minimum Gasteiger partial charge on any atom is -0.478 e. The van der Waals surface area contributed by atoms with E-state index in [1.165, 1.54) is 22.3 Å². The molecule has 0 amide bonds. The average Bonchev–Trinajstić information content (AvgIpc) is 3.11. The highest BCUT2D eigenvalue weighted by molar-refractivity contribution is 5.88. The Hall–Kier alpha value is -6.03. The summed E-state index contributed by atoms with van der Waals surface area (Å²) in [6.45, 7) is 16.1. The van der Waals surface area contributed by atoms with E-state index in [0.29, 0.717) is 36.4 Å². The summed E-state index contributed by atoms with van der Waals surface area (Å²) in [7, 11) is 0. The Bertz CT molecular complexity index is 2190. The van der Waals surface area contributed by atoms with E-state index < -0.39 is 5.97 Å². The van der Waals surface area contributed by atoms with Crippen LogP contribution in [0.4, 0.5) is 23.3 Å². The number of rotatable bonds is 11. The molecule has 3 N–H and O–H groups in total. The number of hydrogen-bond donors (Lipinski definition) is 3. The van der Waals surface area contributed by atoms with Gasteiger partial charge in [-0.25, -0.2) is 14.8 Å². The SMILES string of the molecule is CCc1cc(Cc2nc(C)nc(Nc3c(C)cccc3C)n2)cc(C(=O)O)c1.CCc1cccc(Cc2nc(C)nc(Nc3c(C)cccc3C)n2)c1. The van der Waals surface area contributed by atoms with Gasteiger partial charge in [-0.1, -0.05) is 80.6 Å². The van der Waals surface area contributed by atoms with Crippen molar-refractivity contribution >= 4 is 29.2 Å². The number of para-hydroxylation sites is 2. The number of carboxylic acid groups (broad SMARTS) is 1. The molecule has 0 aliphatic rings. The van der Waals surface area contributed by atoms with Gasteiger partial charge in [-0.15, -0.1) is 0 Å². The number of benzene rings is 4. The number of carboxylic acids is 1. The largest absolute Gasteiger partial charge is 0.478 e. The van der Waals surface area contributed by atoms with Crippen LogP contribution >= 0.6 is 0 Å². The van der Waals surface area contributed by atoms with Crippen LogP contribution in [-0.2, 0) is 25.7 Å². The second kappa shape index (κ2) is 17.5. The normalized spacial score (nSPS) is 10.7. The number of hydrogen-bond acceptors (Lipinski definition) is 9.